The molecule has 0 atom stereocenters. The zero-order chi connectivity index (χ0) is 9.10. The second kappa shape index (κ2) is 3.39. The number of fused-ring (bicyclic) bond motifs is 1. The first-order chi connectivity index (χ1) is 6.40. The van der Waals surface area contributed by atoms with E-state index in [4.69, 9.17) is 7.98 Å². The Hall–Kier alpha value is -1.64. The summed E-state index contributed by atoms with van der Waals surface area (Å²) in [5.74, 6) is 0. The van der Waals surface area contributed by atoms with E-state index >= 15 is 0 Å². The average Bonchev–Trinajstić information content (AvgIpc) is 2.18. The van der Waals surface area contributed by atoms with E-state index in [-0.39, 0.29) is 0 Å². The average molecular weight is 166 g/mol. The minimum absolute atomic E-state index is 0.779. The Morgan fingerprint density at radius 2 is 1.69 bits per heavy atom. The van der Waals surface area contributed by atoms with E-state index in [1.165, 1.54) is 5.39 Å². The normalized spacial score (nSPS) is 11.1. The minimum Gasteiger partial charge on any atom is -0.268 e. The molecule has 0 aliphatic heterocycles. The van der Waals surface area contributed by atoms with Gasteiger partial charge in [0, 0.05) is 0 Å². The maximum absolute atomic E-state index is 4.96. The molecule has 0 aromatic heterocycles. The van der Waals surface area contributed by atoms with Crippen LogP contribution in [0.5, 0.6) is 0 Å². The van der Waals surface area contributed by atoms with Crippen LogP contribution in [-0.4, -0.2) is 7.98 Å². The molecule has 0 N–H and O–H groups in total. The molecule has 0 unspecified atom stereocenters. The first-order valence-corrected chi connectivity index (χ1v) is 4.00. The van der Waals surface area contributed by atoms with Crippen molar-refractivity contribution < 1.29 is 0 Å². The van der Waals surface area contributed by atoms with Crippen molar-refractivity contribution >= 4 is 24.4 Å². The van der Waals surface area contributed by atoms with Gasteiger partial charge in [0.05, 0.1) is 5.69 Å². The molecule has 0 aliphatic rings. The summed E-state index contributed by atoms with van der Waals surface area (Å²) in [4.78, 5) is 0. The third-order valence-corrected chi connectivity index (χ3v) is 1.91. The van der Waals surface area contributed by atoms with E-state index in [9.17, 15) is 0 Å². The second-order valence-corrected chi connectivity index (χ2v) is 2.75. The SMILES string of the molecule is [B]N=Nc1ccc2ccccc2c1. The van der Waals surface area contributed by atoms with E-state index in [1.54, 1.807) is 0 Å². The molecule has 0 fully saturated rings. The molecule has 13 heavy (non-hydrogen) atoms. The summed E-state index contributed by atoms with van der Waals surface area (Å²) in [7, 11) is 4.96. The lowest BCUT2D eigenvalue weighted by Crippen LogP contribution is -1.70. The van der Waals surface area contributed by atoms with Crippen LogP contribution in [0.3, 0.4) is 0 Å². The van der Waals surface area contributed by atoms with Gasteiger partial charge < -0.3 is 0 Å². The predicted octanol–water partition coefficient (Wildman–Crippen LogP) is 3.01. The molecule has 0 bridgehead atoms. The van der Waals surface area contributed by atoms with Gasteiger partial charge in [-0.3, -0.25) is 5.03 Å². The molecule has 0 spiro atoms. The van der Waals surface area contributed by atoms with Gasteiger partial charge in [0.15, 0.2) is 0 Å². The summed E-state index contributed by atoms with van der Waals surface area (Å²) in [6.45, 7) is 0. The van der Waals surface area contributed by atoms with Crippen molar-refractivity contribution in [2.75, 3.05) is 0 Å². The number of nitrogens with zero attached hydrogens (tertiary/aromatic N) is 2. The van der Waals surface area contributed by atoms with Gasteiger partial charge in [0.1, 0.15) is 0 Å². The highest BCUT2D eigenvalue weighted by Gasteiger charge is 1.92. The summed E-state index contributed by atoms with van der Waals surface area (Å²) in [6.07, 6.45) is 0. The minimum atomic E-state index is 0.779. The van der Waals surface area contributed by atoms with E-state index in [0.717, 1.165) is 11.1 Å². The van der Waals surface area contributed by atoms with Gasteiger partial charge >= 0.3 is 0 Å². The lowest BCUT2D eigenvalue weighted by molar-refractivity contribution is 1.33. The molecule has 0 saturated carbocycles. The fraction of sp³-hybridized carbons (Fsp3) is 0. The summed E-state index contributed by atoms with van der Waals surface area (Å²) in [5.41, 5.74) is 0.779. The van der Waals surface area contributed by atoms with Crippen LogP contribution >= 0.6 is 0 Å². The monoisotopic (exact) mass is 166 g/mol. The molecule has 2 radical (unpaired) electrons. The van der Waals surface area contributed by atoms with Crippen LogP contribution in [-0.2, 0) is 0 Å². The fourth-order valence-corrected chi connectivity index (χ4v) is 1.31. The van der Waals surface area contributed by atoms with E-state index in [1.807, 2.05) is 36.4 Å². The van der Waals surface area contributed by atoms with Crippen molar-refractivity contribution in [3.63, 3.8) is 0 Å². The molecule has 2 rings (SSSR count). The molecule has 3 heteroatoms. The first-order valence-electron chi connectivity index (χ1n) is 4.00. The Balaban J connectivity index is 2.62. The Kier molecular flexibility index (Phi) is 2.09. The van der Waals surface area contributed by atoms with Crippen molar-refractivity contribution in [3.8, 4) is 0 Å². The Morgan fingerprint density at radius 3 is 2.46 bits per heavy atom. The maximum atomic E-state index is 4.96. The van der Waals surface area contributed by atoms with Gasteiger partial charge in [0.25, 0.3) is 7.98 Å². The van der Waals surface area contributed by atoms with Gasteiger partial charge in [-0.25, -0.2) is 0 Å². The Morgan fingerprint density at radius 1 is 0.923 bits per heavy atom. The molecule has 2 aromatic carbocycles. The smallest absolute Gasteiger partial charge is 0.268 e. The topological polar surface area (TPSA) is 24.7 Å². The summed E-state index contributed by atoms with van der Waals surface area (Å²) >= 11 is 0. The van der Waals surface area contributed by atoms with Crippen molar-refractivity contribution in [3.05, 3.63) is 42.5 Å². The van der Waals surface area contributed by atoms with Crippen molar-refractivity contribution in [1.82, 2.24) is 0 Å². The first kappa shape index (κ1) is 7.99. The third-order valence-electron chi connectivity index (χ3n) is 1.91. The molecular formula is C10H7BN2. The molecular weight excluding hydrogens is 159 g/mol. The van der Waals surface area contributed by atoms with Gasteiger partial charge in [0.2, 0.25) is 0 Å². The van der Waals surface area contributed by atoms with E-state index in [0.29, 0.717) is 0 Å². The number of hydrogen-bond donors (Lipinski definition) is 0. The summed E-state index contributed by atoms with van der Waals surface area (Å²) < 4.78 is 0. The van der Waals surface area contributed by atoms with Gasteiger partial charge in [-0.2, -0.15) is 5.11 Å². The molecule has 0 aliphatic carbocycles. The van der Waals surface area contributed by atoms with Crippen molar-refractivity contribution in [2.45, 2.75) is 0 Å². The van der Waals surface area contributed by atoms with Crippen LogP contribution in [0.1, 0.15) is 0 Å². The molecule has 0 heterocycles. The van der Waals surface area contributed by atoms with Gasteiger partial charge in [-0.1, -0.05) is 30.3 Å². The van der Waals surface area contributed by atoms with Crippen molar-refractivity contribution in [1.29, 1.82) is 0 Å². The molecule has 0 saturated heterocycles. The fourth-order valence-electron chi connectivity index (χ4n) is 1.31. The summed E-state index contributed by atoms with van der Waals surface area (Å²) in [6, 6.07) is 13.9. The number of rotatable bonds is 1. The van der Waals surface area contributed by atoms with E-state index < -0.39 is 0 Å². The highest BCUT2D eigenvalue weighted by atomic mass is 15.0. The molecule has 2 aromatic rings. The number of hydrogen-bond acceptors (Lipinski definition) is 2. The van der Waals surface area contributed by atoms with Crippen LogP contribution in [0.15, 0.2) is 52.6 Å². The quantitative estimate of drug-likeness (QED) is 0.459. The third kappa shape index (κ3) is 1.59. The van der Waals surface area contributed by atoms with Crippen molar-refractivity contribution in [2.24, 2.45) is 10.1 Å². The summed E-state index contributed by atoms with van der Waals surface area (Å²) in [5, 5.41) is 9.34. The van der Waals surface area contributed by atoms with Crippen LogP contribution in [0.4, 0.5) is 5.69 Å². The molecule has 60 valence electrons. The predicted molar refractivity (Wildman–Crippen MR) is 54.2 cm³/mol. The zero-order valence-corrected chi connectivity index (χ0v) is 7.01. The largest absolute Gasteiger partial charge is 0.293 e. The lowest BCUT2D eigenvalue weighted by atomic mass is 10.1. The highest BCUT2D eigenvalue weighted by Crippen LogP contribution is 2.20. The lowest BCUT2D eigenvalue weighted by Gasteiger charge is -1.97. The second-order valence-electron chi connectivity index (χ2n) is 2.75. The van der Waals surface area contributed by atoms with Crippen LogP contribution < -0.4 is 0 Å². The molecule has 0 amide bonds. The standard InChI is InChI=1S/C10H7BN2/c11-13-12-10-6-5-8-3-1-2-4-9(8)7-10/h1-7H. The highest BCUT2D eigenvalue weighted by molar-refractivity contribution is 6.05. The Bertz CT molecular complexity index is 451. The Labute approximate surface area is 77.7 Å². The van der Waals surface area contributed by atoms with E-state index in [2.05, 4.69) is 16.2 Å². The van der Waals surface area contributed by atoms with Gasteiger partial charge in [-0.05, 0) is 22.9 Å². The number of benzene rings is 2. The zero-order valence-electron chi connectivity index (χ0n) is 7.01. The van der Waals surface area contributed by atoms with Gasteiger partial charge in [-0.15, -0.1) is 0 Å². The van der Waals surface area contributed by atoms with Crippen LogP contribution in [0.25, 0.3) is 10.8 Å². The molecule has 2 nitrogen and oxygen atoms in total. The van der Waals surface area contributed by atoms with Crippen LogP contribution in [0, 0.1) is 0 Å². The maximum Gasteiger partial charge on any atom is 0.293 e. The van der Waals surface area contributed by atoms with Crippen LogP contribution in [0.2, 0.25) is 0 Å².